The summed E-state index contributed by atoms with van der Waals surface area (Å²) in [7, 11) is -5.18. The van der Waals surface area contributed by atoms with Gasteiger partial charge in [-0.25, -0.2) is 4.67 Å². The minimum atomic E-state index is -3.12. The van der Waals surface area contributed by atoms with Crippen molar-refractivity contribution in [2.24, 2.45) is 16.2 Å². The van der Waals surface area contributed by atoms with Crippen LogP contribution in [0, 0.1) is 16.2 Å². The molecular formula is C40H59N2O3P2+. The summed E-state index contributed by atoms with van der Waals surface area (Å²) in [6.45, 7) is 23.9. The van der Waals surface area contributed by atoms with Crippen molar-refractivity contribution in [2.45, 2.75) is 80.8 Å². The Morgan fingerprint density at radius 3 is 1.45 bits per heavy atom. The highest BCUT2D eigenvalue weighted by atomic mass is 31.2. The van der Waals surface area contributed by atoms with E-state index in [4.69, 9.17) is 4.52 Å². The maximum absolute atomic E-state index is 14.4. The molecule has 0 N–H and O–H groups in total. The molecule has 0 aliphatic carbocycles. The monoisotopic (exact) mass is 677 g/mol. The van der Waals surface area contributed by atoms with Crippen LogP contribution in [0.25, 0.3) is 0 Å². The van der Waals surface area contributed by atoms with Crippen LogP contribution in [0.2, 0.25) is 0 Å². The molecule has 1 amide bonds. The minimum Gasteiger partial charge on any atom is -0.340 e. The van der Waals surface area contributed by atoms with Gasteiger partial charge in [-0.15, -0.1) is 0 Å². The molecule has 7 heteroatoms. The summed E-state index contributed by atoms with van der Waals surface area (Å²) in [4.78, 5) is 16.3. The van der Waals surface area contributed by atoms with Crippen molar-refractivity contribution in [1.82, 2.24) is 9.57 Å². The van der Waals surface area contributed by atoms with E-state index >= 15 is 0 Å². The van der Waals surface area contributed by atoms with E-state index in [1.165, 1.54) is 15.9 Å². The van der Waals surface area contributed by atoms with E-state index in [1.54, 1.807) is 0 Å². The van der Waals surface area contributed by atoms with Crippen LogP contribution < -0.4 is 15.9 Å². The summed E-state index contributed by atoms with van der Waals surface area (Å²) in [5, 5.41) is 3.58. The average Bonchev–Trinajstić information content (AvgIpc) is 3.02. The number of benzene rings is 3. The third-order valence-electron chi connectivity index (χ3n) is 9.19. The Morgan fingerprint density at radius 1 is 0.681 bits per heavy atom. The molecule has 47 heavy (non-hydrogen) atoms. The number of hydrogen-bond acceptors (Lipinski definition) is 3. The number of amides is 1. The van der Waals surface area contributed by atoms with Gasteiger partial charge in [0.2, 0.25) is 5.91 Å². The lowest BCUT2D eigenvalue weighted by Gasteiger charge is -2.46. The molecule has 1 unspecified atom stereocenters. The van der Waals surface area contributed by atoms with E-state index in [1.807, 2.05) is 30.3 Å². The lowest BCUT2D eigenvalue weighted by atomic mass is 9.75. The Kier molecular flexibility index (Phi) is 11.4. The predicted octanol–water partition coefficient (Wildman–Crippen LogP) is 8.62. The molecule has 0 radical (unpaired) electrons. The van der Waals surface area contributed by atoms with Crippen LogP contribution in [-0.4, -0.2) is 59.6 Å². The summed E-state index contributed by atoms with van der Waals surface area (Å²) >= 11 is 0. The number of piperazine rings is 1. The highest BCUT2D eigenvalue weighted by molar-refractivity contribution is 7.95. The van der Waals surface area contributed by atoms with Crippen LogP contribution in [-0.2, 0) is 13.9 Å². The Hall–Kier alpha value is -2.29. The maximum Gasteiger partial charge on any atom is 0.277 e. The maximum atomic E-state index is 14.4. The van der Waals surface area contributed by atoms with Gasteiger partial charge in [-0.2, -0.15) is 0 Å². The first kappa shape index (κ1) is 37.5. The van der Waals surface area contributed by atoms with Crippen LogP contribution in [0.3, 0.4) is 0 Å². The van der Waals surface area contributed by atoms with Crippen molar-refractivity contribution in [3.63, 3.8) is 0 Å². The molecule has 4 rings (SSSR count). The summed E-state index contributed by atoms with van der Waals surface area (Å²) in [5.74, 6) is 0.175. The smallest absolute Gasteiger partial charge is 0.277 e. The highest BCUT2D eigenvalue weighted by Crippen LogP contribution is 2.63. The second-order valence-electron chi connectivity index (χ2n) is 17.0. The van der Waals surface area contributed by atoms with Crippen molar-refractivity contribution in [3.8, 4) is 0 Å². The minimum absolute atomic E-state index is 0.0864. The van der Waals surface area contributed by atoms with Gasteiger partial charge in [0, 0.05) is 37.0 Å². The third-order valence-corrected chi connectivity index (χ3v) is 17.4. The summed E-state index contributed by atoms with van der Waals surface area (Å²) in [6.07, 6.45) is 1.70. The predicted molar refractivity (Wildman–Crippen MR) is 203 cm³/mol. The van der Waals surface area contributed by atoms with Crippen molar-refractivity contribution < 1.29 is 13.9 Å². The fraction of sp³-hybridized carbons (Fsp3) is 0.525. The van der Waals surface area contributed by atoms with E-state index < -0.39 is 25.4 Å². The van der Waals surface area contributed by atoms with E-state index in [-0.39, 0.29) is 16.7 Å². The normalized spacial score (nSPS) is 16.9. The van der Waals surface area contributed by atoms with Crippen LogP contribution in [0.1, 0.15) is 75.7 Å². The molecule has 1 aliphatic rings. The number of nitrogens with zero attached hydrogens (tertiary/aromatic N) is 2. The average molecular weight is 678 g/mol. The molecule has 3 aromatic carbocycles. The zero-order chi connectivity index (χ0) is 34.7. The molecule has 0 aromatic heterocycles. The number of carbonyl (C=O) groups excluding carboxylic acids is 1. The van der Waals surface area contributed by atoms with Gasteiger partial charge in [0.1, 0.15) is 23.2 Å². The van der Waals surface area contributed by atoms with Crippen LogP contribution >= 0.6 is 14.8 Å². The van der Waals surface area contributed by atoms with E-state index in [2.05, 4.69) is 139 Å². The third kappa shape index (κ3) is 8.66. The molecule has 1 fully saturated rings. The van der Waals surface area contributed by atoms with Gasteiger partial charge >= 0.3 is 0 Å². The summed E-state index contributed by atoms with van der Waals surface area (Å²) in [6, 6.07) is 33.0. The van der Waals surface area contributed by atoms with Gasteiger partial charge in [0.25, 0.3) is 7.52 Å². The first-order valence-corrected chi connectivity index (χ1v) is 20.7. The molecular weight excluding hydrogens is 618 g/mol. The molecule has 5 nitrogen and oxygen atoms in total. The molecule has 0 spiro atoms. The van der Waals surface area contributed by atoms with E-state index in [0.29, 0.717) is 32.8 Å². The Labute approximate surface area is 286 Å². The van der Waals surface area contributed by atoms with Crippen molar-refractivity contribution in [2.75, 3.05) is 38.9 Å². The van der Waals surface area contributed by atoms with Crippen LogP contribution in [0.4, 0.5) is 0 Å². The molecule has 0 bridgehead atoms. The summed E-state index contributed by atoms with van der Waals surface area (Å²) < 4.78 is 22.7. The Balaban J connectivity index is 1.58. The first-order valence-electron chi connectivity index (χ1n) is 17.2. The number of rotatable bonds is 11. The molecule has 1 aliphatic heterocycles. The quantitative estimate of drug-likeness (QED) is 0.191. The fourth-order valence-corrected chi connectivity index (χ4v) is 14.9. The van der Waals surface area contributed by atoms with Crippen molar-refractivity contribution in [3.05, 3.63) is 91.0 Å². The van der Waals surface area contributed by atoms with Gasteiger partial charge in [-0.3, -0.25) is 9.36 Å². The molecule has 1 atom stereocenters. The lowest BCUT2D eigenvalue weighted by molar-refractivity contribution is -0.143. The van der Waals surface area contributed by atoms with Gasteiger partial charge in [0.15, 0.2) is 0 Å². The topological polar surface area (TPSA) is 49.9 Å². The van der Waals surface area contributed by atoms with E-state index in [0.717, 1.165) is 12.6 Å². The molecule has 1 saturated heterocycles. The summed E-state index contributed by atoms with van der Waals surface area (Å²) in [5.41, 5.74) is -0.808. The van der Waals surface area contributed by atoms with Gasteiger partial charge in [-0.05, 0) is 69.0 Å². The van der Waals surface area contributed by atoms with Crippen LogP contribution in [0.5, 0.6) is 0 Å². The largest absolute Gasteiger partial charge is 0.340 e. The standard InChI is InChI=1S/C40H59N2O3P2/c1-37(2,3)31-45-47(44,38(4,5)6)42-28-26-41(27-29-42)36(43)40(9,10)30-39(7,8)32-46(33-20-14-11-15-21-33,34-22-16-12-17-23-34)35-24-18-13-19-25-35/h11-25H,26-32H2,1-10H3/q+1. The zero-order valence-corrected chi connectivity index (χ0v) is 32.4. The Morgan fingerprint density at radius 2 is 1.09 bits per heavy atom. The first-order chi connectivity index (χ1) is 21.8. The Bertz CT molecular complexity index is 1410. The second-order valence-corrected chi connectivity index (χ2v) is 23.7. The molecule has 0 saturated carbocycles. The lowest BCUT2D eigenvalue weighted by Crippen LogP contribution is -2.53. The molecule has 256 valence electrons. The van der Waals surface area contributed by atoms with Gasteiger partial charge < -0.3 is 9.42 Å². The van der Waals surface area contributed by atoms with Gasteiger partial charge in [-0.1, -0.05) is 103 Å². The fourth-order valence-electron chi connectivity index (χ4n) is 7.31. The highest BCUT2D eigenvalue weighted by Gasteiger charge is 2.52. The molecule has 3 aromatic rings. The molecule has 1 heterocycles. The van der Waals surface area contributed by atoms with E-state index in [9.17, 15) is 9.36 Å². The number of hydrogen-bond donors (Lipinski definition) is 0. The zero-order valence-electron chi connectivity index (χ0n) is 30.6. The second kappa shape index (κ2) is 14.3. The SMILES string of the molecule is CC(C)(C)COP(=O)(N1CCN(C(=O)C(C)(C)CC(C)(C)C[P+](c2ccccc2)(c2ccccc2)c2ccccc2)CC1)C(C)(C)C. The number of carbonyl (C=O) groups is 1. The van der Waals surface area contributed by atoms with Gasteiger partial charge in [0.05, 0.1) is 17.9 Å². The van der Waals surface area contributed by atoms with Crippen LogP contribution in [0.15, 0.2) is 91.0 Å². The van der Waals surface area contributed by atoms with Crippen molar-refractivity contribution in [1.29, 1.82) is 0 Å². The van der Waals surface area contributed by atoms with Crippen molar-refractivity contribution >= 4 is 36.6 Å².